The first-order valence-corrected chi connectivity index (χ1v) is 11.7. The molecule has 34 heavy (non-hydrogen) atoms. The molecule has 0 spiro atoms. The van der Waals surface area contributed by atoms with Gasteiger partial charge in [0.2, 0.25) is 0 Å². The topological polar surface area (TPSA) is 85.6 Å². The number of nitrogens with one attached hydrogen (secondary N) is 2. The fourth-order valence-electron chi connectivity index (χ4n) is 3.67. The number of methoxy groups -OCH3 is 2. The van der Waals surface area contributed by atoms with Gasteiger partial charge in [-0.2, -0.15) is 0 Å². The third-order valence-corrected chi connectivity index (χ3v) is 6.61. The van der Waals surface area contributed by atoms with Crippen LogP contribution in [0.2, 0.25) is 0 Å². The Hall–Kier alpha value is -3.78. The molecule has 1 aromatic carbocycles. The maximum atomic E-state index is 12.8. The fraction of sp³-hybridized carbons (Fsp3) is 0.231. The van der Waals surface area contributed by atoms with Crippen molar-refractivity contribution in [3.8, 4) is 11.5 Å². The van der Waals surface area contributed by atoms with Crippen molar-refractivity contribution in [1.82, 2.24) is 4.98 Å². The van der Waals surface area contributed by atoms with Crippen molar-refractivity contribution >= 4 is 28.1 Å². The summed E-state index contributed by atoms with van der Waals surface area (Å²) in [7, 11) is 3.27. The quantitative estimate of drug-likeness (QED) is 0.304. The lowest BCUT2D eigenvalue weighted by Crippen LogP contribution is -2.17. The number of carbonyl (C=O) groups excluding carboxylic acids is 1. The van der Waals surface area contributed by atoms with Crippen LogP contribution in [0.3, 0.4) is 0 Å². The number of hydrogen-bond acceptors (Lipinski definition) is 7. The minimum Gasteiger partial charge on any atom is -0.497 e. The molecule has 0 aliphatic heterocycles. The number of furan rings is 1. The SMILES string of the molecule is CCc1cc(C(Nc2cc(C)ccn2)c2cc(OC)ccc2OC)c(NC(=O)c2ccco2)s1. The van der Waals surface area contributed by atoms with Crippen molar-refractivity contribution in [3.63, 3.8) is 0 Å². The Bertz CT molecular complexity index is 1270. The number of aromatic nitrogens is 1. The maximum Gasteiger partial charge on any atom is 0.291 e. The van der Waals surface area contributed by atoms with Crippen LogP contribution in [0.25, 0.3) is 0 Å². The van der Waals surface area contributed by atoms with E-state index in [0.717, 1.165) is 33.0 Å². The first kappa shape index (κ1) is 23.4. The van der Waals surface area contributed by atoms with Crippen molar-refractivity contribution in [2.75, 3.05) is 24.9 Å². The summed E-state index contributed by atoms with van der Waals surface area (Å²) in [5, 5.41) is 7.31. The third-order valence-electron chi connectivity index (χ3n) is 5.40. The van der Waals surface area contributed by atoms with E-state index in [1.165, 1.54) is 17.6 Å². The Morgan fingerprint density at radius 2 is 1.97 bits per heavy atom. The van der Waals surface area contributed by atoms with Crippen molar-refractivity contribution in [2.45, 2.75) is 26.3 Å². The number of rotatable bonds is 9. The molecule has 1 atom stereocenters. The van der Waals surface area contributed by atoms with Crippen LogP contribution in [0, 0.1) is 6.92 Å². The van der Waals surface area contributed by atoms with E-state index in [2.05, 4.69) is 28.6 Å². The molecule has 4 aromatic rings. The molecule has 4 rings (SSSR count). The second-order valence-electron chi connectivity index (χ2n) is 7.69. The molecule has 0 saturated carbocycles. The van der Waals surface area contributed by atoms with Gasteiger partial charge in [0, 0.05) is 22.2 Å². The normalized spacial score (nSPS) is 11.6. The second kappa shape index (κ2) is 10.4. The number of anilines is 2. The number of ether oxygens (including phenoxy) is 2. The smallest absolute Gasteiger partial charge is 0.291 e. The van der Waals surface area contributed by atoms with Gasteiger partial charge in [-0.1, -0.05) is 6.92 Å². The molecule has 0 radical (unpaired) electrons. The largest absolute Gasteiger partial charge is 0.497 e. The summed E-state index contributed by atoms with van der Waals surface area (Å²) >= 11 is 1.54. The van der Waals surface area contributed by atoms with Gasteiger partial charge in [-0.05, 0) is 67.4 Å². The van der Waals surface area contributed by atoms with Crippen molar-refractivity contribution in [2.24, 2.45) is 0 Å². The summed E-state index contributed by atoms with van der Waals surface area (Å²) in [6.07, 6.45) is 4.08. The average Bonchev–Trinajstić information content (AvgIpc) is 3.53. The lowest BCUT2D eigenvalue weighted by Gasteiger charge is -2.23. The number of hydrogen-bond donors (Lipinski definition) is 2. The van der Waals surface area contributed by atoms with E-state index >= 15 is 0 Å². The molecule has 0 saturated heterocycles. The Balaban J connectivity index is 1.83. The number of amides is 1. The number of thiophene rings is 1. The minimum absolute atomic E-state index is 0.251. The Morgan fingerprint density at radius 3 is 2.65 bits per heavy atom. The van der Waals surface area contributed by atoms with E-state index in [0.29, 0.717) is 17.3 Å². The predicted octanol–water partition coefficient (Wildman–Crippen LogP) is 6.08. The molecule has 176 valence electrons. The zero-order valence-corrected chi connectivity index (χ0v) is 20.4. The van der Waals surface area contributed by atoms with Gasteiger partial charge in [0.05, 0.1) is 26.5 Å². The summed E-state index contributed by atoms with van der Waals surface area (Å²) in [6, 6.07) is 14.7. The lowest BCUT2D eigenvalue weighted by atomic mass is 9.98. The van der Waals surface area contributed by atoms with Gasteiger partial charge >= 0.3 is 0 Å². The Morgan fingerprint density at radius 1 is 1.12 bits per heavy atom. The van der Waals surface area contributed by atoms with Crippen LogP contribution in [-0.2, 0) is 6.42 Å². The van der Waals surface area contributed by atoms with Gasteiger partial charge < -0.3 is 24.5 Å². The van der Waals surface area contributed by atoms with E-state index < -0.39 is 0 Å². The Kier molecular flexibility index (Phi) is 7.18. The van der Waals surface area contributed by atoms with E-state index in [1.54, 1.807) is 32.5 Å². The average molecular weight is 478 g/mol. The minimum atomic E-state index is -0.372. The zero-order chi connectivity index (χ0) is 24.1. The number of benzene rings is 1. The predicted molar refractivity (Wildman–Crippen MR) is 134 cm³/mol. The molecule has 3 aromatic heterocycles. The standard InChI is InChI=1S/C26H27N3O4S/c1-5-18-15-20(26(34-18)29-25(30)22-7-6-12-33-22)24(28-23-13-16(2)10-11-27-23)19-14-17(31-3)8-9-21(19)32-4/h6-15,24H,5H2,1-4H3,(H,27,28)(H,29,30). The number of aryl methyl sites for hydroxylation is 2. The first-order valence-electron chi connectivity index (χ1n) is 10.9. The highest BCUT2D eigenvalue weighted by Gasteiger charge is 2.26. The summed E-state index contributed by atoms with van der Waals surface area (Å²) in [6.45, 7) is 4.10. The summed E-state index contributed by atoms with van der Waals surface area (Å²) in [5.74, 6) is 2.05. The van der Waals surface area contributed by atoms with Crippen LogP contribution in [0.1, 0.15) is 45.1 Å². The van der Waals surface area contributed by atoms with Gasteiger partial charge in [-0.25, -0.2) is 4.98 Å². The number of nitrogens with zero attached hydrogens (tertiary/aromatic N) is 1. The summed E-state index contributed by atoms with van der Waals surface area (Å²) in [4.78, 5) is 18.5. The van der Waals surface area contributed by atoms with E-state index in [4.69, 9.17) is 13.9 Å². The molecule has 1 amide bonds. The van der Waals surface area contributed by atoms with E-state index in [1.807, 2.05) is 37.3 Å². The number of pyridine rings is 1. The van der Waals surface area contributed by atoms with Gasteiger partial charge in [-0.15, -0.1) is 11.3 Å². The first-order chi connectivity index (χ1) is 16.5. The fourth-order valence-corrected chi connectivity index (χ4v) is 4.70. The highest BCUT2D eigenvalue weighted by atomic mass is 32.1. The third kappa shape index (κ3) is 5.07. The second-order valence-corrected chi connectivity index (χ2v) is 8.82. The molecule has 8 heteroatoms. The monoisotopic (exact) mass is 477 g/mol. The molecular formula is C26H27N3O4S. The lowest BCUT2D eigenvalue weighted by molar-refractivity contribution is 0.0997. The van der Waals surface area contributed by atoms with Gasteiger partial charge in [-0.3, -0.25) is 4.79 Å². The highest BCUT2D eigenvalue weighted by molar-refractivity contribution is 7.16. The van der Waals surface area contributed by atoms with E-state index in [9.17, 15) is 4.79 Å². The molecule has 7 nitrogen and oxygen atoms in total. The van der Waals surface area contributed by atoms with Crippen molar-refractivity contribution < 1.29 is 18.7 Å². The zero-order valence-electron chi connectivity index (χ0n) is 19.5. The molecule has 1 unspecified atom stereocenters. The maximum absolute atomic E-state index is 12.8. The van der Waals surface area contributed by atoms with E-state index in [-0.39, 0.29) is 17.7 Å². The van der Waals surface area contributed by atoms with Crippen LogP contribution in [0.4, 0.5) is 10.8 Å². The molecule has 0 bridgehead atoms. The molecule has 3 heterocycles. The van der Waals surface area contributed by atoms with Crippen LogP contribution in [-0.4, -0.2) is 25.1 Å². The van der Waals surface area contributed by atoms with Gasteiger partial charge in [0.1, 0.15) is 22.3 Å². The van der Waals surface area contributed by atoms with Crippen LogP contribution in [0.15, 0.2) is 65.4 Å². The Labute approximate surface area is 202 Å². The number of carbonyl (C=O) groups is 1. The van der Waals surface area contributed by atoms with Crippen LogP contribution >= 0.6 is 11.3 Å². The highest BCUT2D eigenvalue weighted by Crippen LogP contribution is 2.42. The van der Waals surface area contributed by atoms with Crippen LogP contribution < -0.4 is 20.1 Å². The molecule has 0 fully saturated rings. The van der Waals surface area contributed by atoms with Crippen molar-refractivity contribution in [1.29, 1.82) is 0 Å². The molecular weight excluding hydrogens is 450 g/mol. The van der Waals surface area contributed by atoms with Gasteiger partial charge in [0.25, 0.3) is 5.91 Å². The molecule has 2 N–H and O–H groups in total. The molecule has 0 aliphatic rings. The van der Waals surface area contributed by atoms with Crippen LogP contribution in [0.5, 0.6) is 11.5 Å². The summed E-state index contributed by atoms with van der Waals surface area (Å²) in [5.41, 5.74) is 2.84. The van der Waals surface area contributed by atoms with Gasteiger partial charge in [0.15, 0.2) is 5.76 Å². The summed E-state index contributed by atoms with van der Waals surface area (Å²) < 4.78 is 16.5. The van der Waals surface area contributed by atoms with Crippen molar-refractivity contribution in [3.05, 3.63) is 88.3 Å². The molecule has 0 aliphatic carbocycles.